The van der Waals surface area contributed by atoms with Crippen LogP contribution in [0.3, 0.4) is 0 Å². The zero-order chi connectivity index (χ0) is 15.8. The van der Waals surface area contributed by atoms with Gasteiger partial charge in [-0.3, -0.25) is 0 Å². The molecule has 0 aromatic carbocycles. The summed E-state index contributed by atoms with van der Waals surface area (Å²) < 4.78 is 29.3. The Labute approximate surface area is 137 Å². The first-order valence-corrected chi connectivity index (χ1v) is 9.14. The summed E-state index contributed by atoms with van der Waals surface area (Å²) in [7, 11) is -3.71. The molecule has 0 aliphatic heterocycles. The summed E-state index contributed by atoms with van der Waals surface area (Å²) in [6.07, 6.45) is 1.57. The molecule has 21 heavy (non-hydrogen) atoms. The summed E-state index contributed by atoms with van der Waals surface area (Å²) in [6.45, 7) is 5.64. The molecule has 0 radical (unpaired) electrons. The standard InChI is InChI=1S/C11H14Cl2N4O2S2/c1-6(2)17-5-14-15-11(17)7(3)16-21(18,19)9-4-8(12)10(13)20-9/h4-7,16H,1-3H3/t7-/m1/s1. The number of nitrogens with zero attached hydrogens (tertiary/aromatic N) is 3. The van der Waals surface area contributed by atoms with Gasteiger partial charge in [0.15, 0.2) is 5.82 Å². The van der Waals surface area contributed by atoms with Crippen molar-refractivity contribution >= 4 is 44.6 Å². The average molecular weight is 369 g/mol. The third-order valence-corrected chi connectivity index (χ3v) is 6.64. The fourth-order valence-corrected chi connectivity index (χ4v) is 4.86. The third-order valence-electron chi connectivity index (χ3n) is 2.76. The molecule has 1 N–H and O–H groups in total. The Morgan fingerprint density at radius 1 is 1.33 bits per heavy atom. The largest absolute Gasteiger partial charge is 0.314 e. The number of sulfonamides is 1. The number of hydrogen-bond acceptors (Lipinski definition) is 5. The summed E-state index contributed by atoms with van der Waals surface area (Å²) in [4.78, 5) is 0. The molecule has 0 bridgehead atoms. The van der Waals surface area contributed by atoms with Crippen LogP contribution in [-0.4, -0.2) is 23.2 Å². The van der Waals surface area contributed by atoms with E-state index in [1.165, 1.54) is 6.07 Å². The molecule has 2 heterocycles. The van der Waals surface area contributed by atoms with Gasteiger partial charge in [0.2, 0.25) is 0 Å². The van der Waals surface area contributed by atoms with E-state index in [0.717, 1.165) is 11.3 Å². The van der Waals surface area contributed by atoms with Gasteiger partial charge in [0.05, 0.1) is 11.1 Å². The van der Waals surface area contributed by atoms with Crippen LogP contribution in [0.15, 0.2) is 16.6 Å². The number of rotatable bonds is 5. The molecule has 0 aliphatic carbocycles. The van der Waals surface area contributed by atoms with Gasteiger partial charge in [0.25, 0.3) is 10.0 Å². The van der Waals surface area contributed by atoms with Crippen molar-refractivity contribution in [3.05, 3.63) is 27.6 Å². The highest BCUT2D eigenvalue weighted by Crippen LogP contribution is 2.34. The van der Waals surface area contributed by atoms with Crippen molar-refractivity contribution < 1.29 is 8.42 Å². The Morgan fingerprint density at radius 3 is 2.52 bits per heavy atom. The maximum atomic E-state index is 12.3. The van der Waals surface area contributed by atoms with E-state index in [1.807, 2.05) is 18.4 Å². The van der Waals surface area contributed by atoms with Gasteiger partial charge in [-0.25, -0.2) is 8.42 Å². The van der Waals surface area contributed by atoms with Crippen molar-refractivity contribution in [1.29, 1.82) is 0 Å². The highest BCUT2D eigenvalue weighted by Gasteiger charge is 2.24. The van der Waals surface area contributed by atoms with Gasteiger partial charge in [0.1, 0.15) is 14.9 Å². The molecule has 0 unspecified atom stereocenters. The lowest BCUT2D eigenvalue weighted by Crippen LogP contribution is -2.28. The lowest BCUT2D eigenvalue weighted by Gasteiger charge is -2.16. The quantitative estimate of drug-likeness (QED) is 0.878. The van der Waals surface area contributed by atoms with Gasteiger partial charge in [-0.15, -0.1) is 21.5 Å². The number of halogens is 2. The maximum Gasteiger partial charge on any atom is 0.250 e. The van der Waals surface area contributed by atoms with Gasteiger partial charge in [0, 0.05) is 6.04 Å². The van der Waals surface area contributed by atoms with Crippen LogP contribution in [0.1, 0.15) is 38.7 Å². The second-order valence-corrected chi connectivity index (χ2v) is 8.72. The first-order chi connectivity index (χ1) is 9.72. The van der Waals surface area contributed by atoms with Crippen molar-refractivity contribution in [2.45, 2.75) is 37.1 Å². The number of thiophene rings is 1. The summed E-state index contributed by atoms with van der Waals surface area (Å²) in [5.41, 5.74) is 0. The van der Waals surface area contributed by atoms with E-state index in [2.05, 4.69) is 14.9 Å². The molecular formula is C11H14Cl2N4O2S2. The van der Waals surface area contributed by atoms with Crippen LogP contribution >= 0.6 is 34.5 Å². The molecule has 116 valence electrons. The number of nitrogens with one attached hydrogen (secondary N) is 1. The van der Waals surface area contributed by atoms with Gasteiger partial charge >= 0.3 is 0 Å². The summed E-state index contributed by atoms with van der Waals surface area (Å²) in [5.74, 6) is 0.544. The first-order valence-electron chi connectivity index (χ1n) is 6.09. The Kier molecular flexibility index (Phi) is 4.94. The van der Waals surface area contributed by atoms with Gasteiger partial charge in [-0.1, -0.05) is 23.2 Å². The SMILES string of the molecule is CC(C)n1cnnc1[C@@H](C)NS(=O)(=O)c1cc(Cl)c(Cl)s1. The molecule has 2 aromatic rings. The predicted molar refractivity (Wildman–Crippen MR) is 83.5 cm³/mol. The Hall–Kier alpha value is -0.670. The van der Waals surface area contributed by atoms with Crippen LogP contribution in [0, 0.1) is 0 Å². The second kappa shape index (κ2) is 6.21. The van der Waals surface area contributed by atoms with Crippen molar-refractivity contribution in [3.8, 4) is 0 Å². The lowest BCUT2D eigenvalue weighted by molar-refractivity contribution is 0.515. The van der Waals surface area contributed by atoms with Gasteiger partial charge in [-0.05, 0) is 26.8 Å². The van der Waals surface area contributed by atoms with Crippen molar-refractivity contribution in [2.24, 2.45) is 0 Å². The maximum absolute atomic E-state index is 12.3. The third kappa shape index (κ3) is 3.57. The van der Waals surface area contributed by atoms with Crippen LogP contribution in [0.4, 0.5) is 0 Å². The van der Waals surface area contributed by atoms with Crippen LogP contribution in [-0.2, 0) is 10.0 Å². The number of aromatic nitrogens is 3. The Balaban J connectivity index is 2.26. The minimum Gasteiger partial charge on any atom is -0.314 e. The zero-order valence-corrected chi connectivity index (χ0v) is 14.7. The molecule has 6 nitrogen and oxygen atoms in total. The molecule has 0 aliphatic rings. The molecule has 10 heteroatoms. The minimum atomic E-state index is -3.71. The molecule has 2 aromatic heterocycles. The van der Waals surface area contributed by atoms with Crippen molar-refractivity contribution in [2.75, 3.05) is 0 Å². The van der Waals surface area contributed by atoms with Crippen molar-refractivity contribution in [3.63, 3.8) is 0 Å². The molecule has 0 amide bonds. The topological polar surface area (TPSA) is 76.9 Å². The van der Waals surface area contributed by atoms with Crippen LogP contribution in [0.25, 0.3) is 0 Å². The van der Waals surface area contributed by atoms with E-state index >= 15 is 0 Å². The number of hydrogen-bond donors (Lipinski definition) is 1. The van der Waals surface area contributed by atoms with Gasteiger partial charge < -0.3 is 4.57 Å². The second-order valence-electron chi connectivity index (χ2n) is 4.72. The fraction of sp³-hybridized carbons (Fsp3) is 0.455. The van der Waals surface area contributed by atoms with E-state index in [-0.39, 0.29) is 19.6 Å². The van der Waals surface area contributed by atoms with Crippen LogP contribution < -0.4 is 4.72 Å². The zero-order valence-electron chi connectivity index (χ0n) is 11.5. The Bertz CT molecular complexity index is 720. The Morgan fingerprint density at radius 2 is 2.00 bits per heavy atom. The van der Waals surface area contributed by atoms with E-state index in [1.54, 1.807) is 13.3 Å². The van der Waals surface area contributed by atoms with E-state index in [4.69, 9.17) is 23.2 Å². The summed E-state index contributed by atoms with van der Waals surface area (Å²) >= 11 is 12.5. The molecule has 0 saturated heterocycles. The lowest BCUT2D eigenvalue weighted by atomic mass is 10.3. The molecule has 2 rings (SSSR count). The van der Waals surface area contributed by atoms with Gasteiger partial charge in [-0.2, -0.15) is 4.72 Å². The normalized spacial score (nSPS) is 13.8. The molecular weight excluding hydrogens is 355 g/mol. The van der Waals surface area contributed by atoms with E-state index in [9.17, 15) is 8.42 Å². The monoisotopic (exact) mass is 368 g/mol. The fourth-order valence-electron chi connectivity index (χ4n) is 1.76. The smallest absolute Gasteiger partial charge is 0.250 e. The van der Waals surface area contributed by atoms with E-state index < -0.39 is 16.1 Å². The summed E-state index contributed by atoms with van der Waals surface area (Å²) in [6, 6.07) is 0.934. The highest BCUT2D eigenvalue weighted by molar-refractivity contribution is 7.91. The van der Waals surface area contributed by atoms with Crippen LogP contribution in [0.5, 0.6) is 0 Å². The molecule has 0 saturated carbocycles. The molecule has 0 fully saturated rings. The summed E-state index contributed by atoms with van der Waals surface area (Å²) in [5, 5.41) is 8.02. The predicted octanol–water partition coefficient (Wildman–Crippen LogP) is 3.27. The highest BCUT2D eigenvalue weighted by atomic mass is 35.5. The average Bonchev–Trinajstić information content (AvgIpc) is 2.97. The van der Waals surface area contributed by atoms with Crippen LogP contribution in [0.2, 0.25) is 9.36 Å². The first kappa shape index (κ1) is 16.7. The molecule has 1 atom stereocenters. The van der Waals surface area contributed by atoms with Crippen molar-refractivity contribution in [1.82, 2.24) is 19.5 Å². The van der Waals surface area contributed by atoms with E-state index in [0.29, 0.717) is 5.82 Å². The minimum absolute atomic E-state index is 0.0694. The molecule has 0 spiro atoms.